The van der Waals surface area contributed by atoms with Gasteiger partial charge in [-0.2, -0.15) is 0 Å². The molecular formula is C17H17F2N3O3S. The van der Waals surface area contributed by atoms with Crippen molar-refractivity contribution in [2.24, 2.45) is 0 Å². The maximum absolute atomic E-state index is 13.2. The Hall–Kier alpha value is -2.68. The van der Waals surface area contributed by atoms with Crippen molar-refractivity contribution in [2.75, 3.05) is 5.32 Å². The normalized spacial score (nSPS) is 11.7. The van der Waals surface area contributed by atoms with Gasteiger partial charge in [-0.05, 0) is 24.1 Å². The van der Waals surface area contributed by atoms with Crippen LogP contribution in [0.5, 0.6) is 0 Å². The Labute approximate surface area is 152 Å². The number of benzene rings is 1. The van der Waals surface area contributed by atoms with E-state index in [-0.39, 0.29) is 17.1 Å². The first-order chi connectivity index (χ1) is 12.4. The summed E-state index contributed by atoms with van der Waals surface area (Å²) in [5.41, 5.74) is 0.172. The zero-order chi connectivity index (χ0) is 19.1. The highest BCUT2D eigenvalue weighted by molar-refractivity contribution is 7.17. The molecule has 0 saturated carbocycles. The molecule has 2 amide bonds. The van der Waals surface area contributed by atoms with Crippen LogP contribution in [-0.2, 0) is 16.0 Å². The van der Waals surface area contributed by atoms with E-state index in [0.29, 0.717) is 24.0 Å². The molecule has 1 atom stereocenters. The molecule has 0 fully saturated rings. The number of rotatable bonds is 8. The first kappa shape index (κ1) is 19.6. The Bertz CT molecular complexity index is 790. The summed E-state index contributed by atoms with van der Waals surface area (Å²) >= 11 is 1.01. The largest absolute Gasteiger partial charge is 0.344 e. The Balaban J connectivity index is 2.00. The van der Waals surface area contributed by atoms with E-state index < -0.39 is 29.5 Å². The molecule has 0 aliphatic carbocycles. The summed E-state index contributed by atoms with van der Waals surface area (Å²) in [6.07, 6.45) is 2.70. The second-order valence-corrected chi connectivity index (χ2v) is 6.60. The lowest BCUT2D eigenvalue weighted by Crippen LogP contribution is -2.44. The van der Waals surface area contributed by atoms with Crippen molar-refractivity contribution < 1.29 is 23.2 Å². The van der Waals surface area contributed by atoms with E-state index in [1.165, 1.54) is 6.20 Å². The van der Waals surface area contributed by atoms with Crippen molar-refractivity contribution in [2.45, 2.75) is 32.2 Å². The standard InChI is InChI=1S/C17H17F2N3O3S/c1-2-3-14(16(25)22-17-20-8-13(9-23)26-17)21-15(24)6-10-4-11(18)7-12(19)5-10/h4-5,7-9,14H,2-3,6H2,1H3,(H,21,24)(H,20,22,25). The van der Waals surface area contributed by atoms with Crippen molar-refractivity contribution >= 4 is 34.6 Å². The average molecular weight is 381 g/mol. The molecule has 9 heteroatoms. The lowest BCUT2D eigenvalue weighted by atomic mass is 10.1. The van der Waals surface area contributed by atoms with Crippen LogP contribution in [0.4, 0.5) is 13.9 Å². The van der Waals surface area contributed by atoms with Crippen molar-refractivity contribution in [3.8, 4) is 0 Å². The van der Waals surface area contributed by atoms with Gasteiger partial charge in [0.05, 0.1) is 17.5 Å². The molecule has 2 N–H and O–H groups in total. The molecule has 0 spiro atoms. The summed E-state index contributed by atoms with van der Waals surface area (Å²) in [7, 11) is 0. The topological polar surface area (TPSA) is 88.2 Å². The van der Waals surface area contributed by atoms with Gasteiger partial charge in [-0.1, -0.05) is 24.7 Å². The fourth-order valence-electron chi connectivity index (χ4n) is 2.29. The van der Waals surface area contributed by atoms with Gasteiger partial charge in [0.2, 0.25) is 11.8 Å². The van der Waals surface area contributed by atoms with Crippen molar-refractivity contribution in [3.63, 3.8) is 0 Å². The van der Waals surface area contributed by atoms with E-state index in [1.807, 2.05) is 6.92 Å². The molecule has 0 aliphatic heterocycles. The lowest BCUT2D eigenvalue weighted by molar-refractivity contribution is -0.126. The number of amides is 2. The van der Waals surface area contributed by atoms with Crippen LogP contribution < -0.4 is 10.6 Å². The number of thiazole rings is 1. The molecule has 2 aromatic rings. The molecule has 2 rings (SSSR count). The van der Waals surface area contributed by atoms with E-state index in [1.54, 1.807) is 0 Å². The smallest absolute Gasteiger partial charge is 0.248 e. The van der Waals surface area contributed by atoms with Gasteiger partial charge in [0, 0.05) is 6.07 Å². The second kappa shape index (κ2) is 9.14. The highest BCUT2D eigenvalue weighted by atomic mass is 32.1. The van der Waals surface area contributed by atoms with Crippen molar-refractivity contribution in [3.05, 3.63) is 46.5 Å². The van der Waals surface area contributed by atoms with Gasteiger partial charge in [-0.3, -0.25) is 14.4 Å². The lowest BCUT2D eigenvalue weighted by Gasteiger charge is -2.17. The molecule has 26 heavy (non-hydrogen) atoms. The molecule has 1 aromatic carbocycles. The van der Waals surface area contributed by atoms with Crippen LogP contribution in [0.2, 0.25) is 0 Å². The number of hydrogen-bond donors (Lipinski definition) is 2. The number of nitrogens with zero attached hydrogens (tertiary/aromatic N) is 1. The van der Waals surface area contributed by atoms with Crippen molar-refractivity contribution in [1.29, 1.82) is 0 Å². The summed E-state index contributed by atoms with van der Waals surface area (Å²) < 4.78 is 26.4. The SMILES string of the molecule is CCCC(NC(=O)Cc1cc(F)cc(F)c1)C(=O)Nc1ncc(C=O)s1. The maximum atomic E-state index is 13.2. The predicted molar refractivity (Wildman–Crippen MR) is 93.0 cm³/mol. The minimum atomic E-state index is -0.825. The molecule has 1 aromatic heterocycles. The van der Waals surface area contributed by atoms with Gasteiger partial charge in [0.25, 0.3) is 0 Å². The Morgan fingerprint density at radius 2 is 1.96 bits per heavy atom. The van der Waals surface area contributed by atoms with E-state index >= 15 is 0 Å². The fraction of sp³-hybridized carbons (Fsp3) is 0.294. The third-order valence-electron chi connectivity index (χ3n) is 3.39. The monoisotopic (exact) mass is 381 g/mol. The number of aromatic nitrogens is 1. The van der Waals surface area contributed by atoms with E-state index in [4.69, 9.17) is 0 Å². The van der Waals surface area contributed by atoms with Gasteiger partial charge < -0.3 is 10.6 Å². The van der Waals surface area contributed by atoms with Gasteiger partial charge >= 0.3 is 0 Å². The quantitative estimate of drug-likeness (QED) is 0.688. The number of hydrogen-bond acceptors (Lipinski definition) is 5. The molecule has 1 unspecified atom stereocenters. The molecule has 0 aliphatic rings. The molecule has 0 saturated heterocycles. The van der Waals surface area contributed by atoms with E-state index in [0.717, 1.165) is 29.5 Å². The summed E-state index contributed by atoms with van der Waals surface area (Å²) in [4.78, 5) is 39.4. The van der Waals surface area contributed by atoms with E-state index in [2.05, 4.69) is 15.6 Å². The number of aldehydes is 1. The number of anilines is 1. The highest BCUT2D eigenvalue weighted by Gasteiger charge is 2.21. The molecule has 1 heterocycles. The van der Waals surface area contributed by atoms with Crippen LogP contribution >= 0.6 is 11.3 Å². The highest BCUT2D eigenvalue weighted by Crippen LogP contribution is 2.17. The zero-order valence-electron chi connectivity index (χ0n) is 13.9. The number of carbonyl (C=O) groups excluding carboxylic acids is 3. The third-order valence-corrected chi connectivity index (χ3v) is 4.22. The molecule has 0 bridgehead atoms. The van der Waals surface area contributed by atoms with Crippen LogP contribution in [0.1, 0.15) is 35.0 Å². The van der Waals surface area contributed by atoms with Crippen molar-refractivity contribution in [1.82, 2.24) is 10.3 Å². The number of halogens is 2. The van der Waals surface area contributed by atoms with Gasteiger partial charge in [-0.15, -0.1) is 0 Å². The Kier molecular flexibility index (Phi) is 6.90. The van der Waals surface area contributed by atoms with E-state index in [9.17, 15) is 23.2 Å². The third kappa shape index (κ3) is 5.69. The molecule has 0 radical (unpaired) electrons. The Morgan fingerprint density at radius 3 is 2.54 bits per heavy atom. The summed E-state index contributed by atoms with van der Waals surface area (Å²) in [5, 5.41) is 5.35. The fourth-order valence-corrected chi connectivity index (χ4v) is 2.93. The average Bonchev–Trinajstić information content (AvgIpc) is 3.01. The van der Waals surface area contributed by atoms with Crippen LogP contribution in [-0.4, -0.2) is 29.1 Å². The van der Waals surface area contributed by atoms with Gasteiger partial charge in [0.15, 0.2) is 11.4 Å². The minimum absolute atomic E-state index is 0.172. The van der Waals surface area contributed by atoms with Gasteiger partial charge in [-0.25, -0.2) is 13.8 Å². The predicted octanol–water partition coefficient (Wildman–Crippen LogP) is 2.70. The van der Waals surface area contributed by atoms with Crippen LogP contribution in [0.15, 0.2) is 24.4 Å². The minimum Gasteiger partial charge on any atom is -0.344 e. The van der Waals surface area contributed by atoms with Crippen LogP contribution in [0.3, 0.4) is 0 Å². The summed E-state index contributed by atoms with van der Waals surface area (Å²) in [6, 6.07) is 2.02. The van der Waals surface area contributed by atoms with Crippen LogP contribution in [0.25, 0.3) is 0 Å². The zero-order valence-corrected chi connectivity index (χ0v) is 14.7. The summed E-state index contributed by atoms with van der Waals surface area (Å²) in [5.74, 6) is -2.55. The number of carbonyl (C=O) groups is 3. The maximum Gasteiger partial charge on any atom is 0.248 e. The molecular weight excluding hydrogens is 364 g/mol. The first-order valence-electron chi connectivity index (χ1n) is 7.87. The first-order valence-corrected chi connectivity index (χ1v) is 8.69. The summed E-state index contributed by atoms with van der Waals surface area (Å²) in [6.45, 7) is 1.85. The molecule has 138 valence electrons. The van der Waals surface area contributed by atoms with Gasteiger partial charge in [0.1, 0.15) is 17.7 Å². The van der Waals surface area contributed by atoms with Crippen LogP contribution in [0, 0.1) is 11.6 Å². The number of nitrogens with one attached hydrogen (secondary N) is 2. The second-order valence-electron chi connectivity index (χ2n) is 5.54. The molecule has 6 nitrogen and oxygen atoms in total. The Morgan fingerprint density at radius 1 is 1.27 bits per heavy atom.